The van der Waals surface area contributed by atoms with Gasteiger partial charge in [-0.15, -0.1) is 0 Å². The first-order valence-electron chi connectivity index (χ1n) is 6.41. The van der Waals surface area contributed by atoms with Crippen molar-refractivity contribution in [1.29, 1.82) is 0 Å². The molecule has 1 heterocycles. The molecule has 0 unspecified atom stereocenters. The first kappa shape index (κ1) is 14.6. The molecule has 4 rings (SSSR count). The molecule has 0 fully saturated rings. The fourth-order valence-electron chi connectivity index (χ4n) is 2.83. The second kappa shape index (κ2) is 5.44. The molecule has 1 radical (unpaired) electrons. The molecule has 3 aromatic carbocycles. The van der Waals surface area contributed by atoms with Crippen LogP contribution in [0.1, 0.15) is 0 Å². The van der Waals surface area contributed by atoms with Crippen LogP contribution >= 0.6 is 0 Å². The predicted molar refractivity (Wildman–Crippen MR) is 81.2 cm³/mol. The van der Waals surface area contributed by atoms with Gasteiger partial charge in [0.1, 0.15) is 5.75 Å². The molecular formula is C17H11AcNO2. The molecule has 0 aliphatic heterocycles. The number of pyridine rings is 1. The zero-order valence-corrected chi connectivity index (χ0v) is 15.9. The Hall–Kier alpha value is -1.37. The van der Waals surface area contributed by atoms with Crippen LogP contribution in [0.15, 0.2) is 59.4 Å². The maximum Gasteiger partial charge on any atom is 0.256 e. The molecule has 0 saturated heterocycles. The van der Waals surface area contributed by atoms with Crippen molar-refractivity contribution < 1.29 is 49.2 Å². The molecule has 2 N–H and O–H groups in total. The molecule has 0 saturated carbocycles. The molecule has 0 spiro atoms. The maximum atomic E-state index is 12.1. The van der Waals surface area contributed by atoms with Crippen molar-refractivity contribution in [3.8, 4) is 5.75 Å². The molecule has 0 atom stereocenters. The first-order valence-corrected chi connectivity index (χ1v) is 6.41. The van der Waals surface area contributed by atoms with Gasteiger partial charge in [-0.25, -0.2) is 0 Å². The molecule has 4 heteroatoms. The van der Waals surface area contributed by atoms with Crippen LogP contribution in [0.25, 0.3) is 32.4 Å². The smallest absolute Gasteiger partial charge is 0.256 e. The van der Waals surface area contributed by atoms with Gasteiger partial charge in [0.25, 0.3) is 5.56 Å². The second-order valence-electron chi connectivity index (χ2n) is 4.86. The van der Waals surface area contributed by atoms with E-state index in [-0.39, 0.29) is 55.4 Å². The molecule has 99 valence electrons. The van der Waals surface area contributed by atoms with E-state index < -0.39 is 0 Å². The summed E-state index contributed by atoms with van der Waals surface area (Å²) in [5.41, 5.74) is 0.521. The SMILES string of the molecule is O=c1[nH]c2cc(O)c3ccccc3c2c2ccccc12.[Ac]. The molecule has 0 aliphatic carbocycles. The number of nitrogens with one attached hydrogen (secondary N) is 1. The van der Waals surface area contributed by atoms with Gasteiger partial charge in [-0.2, -0.15) is 0 Å². The zero-order chi connectivity index (χ0) is 13.7. The predicted octanol–water partition coefficient (Wildman–Crippen LogP) is 3.54. The van der Waals surface area contributed by atoms with Crippen molar-refractivity contribution in [2.75, 3.05) is 0 Å². The Morgan fingerprint density at radius 2 is 1.33 bits per heavy atom. The van der Waals surface area contributed by atoms with Gasteiger partial charge in [-0.05, 0) is 16.8 Å². The van der Waals surface area contributed by atoms with E-state index in [1.807, 2.05) is 48.5 Å². The van der Waals surface area contributed by atoms with Crippen molar-refractivity contribution in [3.05, 3.63) is 65.0 Å². The number of fused-ring (bicyclic) bond motifs is 5. The van der Waals surface area contributed by atoms with Crippen LogP contribution in [0, 0.1) is 44.1 Å². The third kappa shape index (κ3) is 2.18. The fourth-order valence-corrected chi connectivity index (χ4v) is 2.83. The summed E-state index contributed by atoms with van der Waals surface area (Å²) < 4.78 is 0. The Kier molecular flexibility index (Phi) is 3.77. The van der Waals surface area contributed by atoms with Gasteiger partial charge in [0.15, 0.2) is 0 Å². The second-order valence-corrected chi connectivity index (χ2v) is 4.86. The molecule has 0 aliphatic rings. The minimum absolute atomic E-state index is 0. The third-order valence-corrected chi connectivity index (χ3v) is 3.71. The normalized spacial score (nSPS) is 10.9. The van der Waals surface area contributed by atoms with Crippen molar-refractivity contribution in [3.63, 3.8) is 0 Å². The molecule has 21 heavy (non-hydrogen) atoms. The summed E-state index contributed by atoms with van der Waals surface area (Å²) in [6, 6.07) is 16.8. The van der Waals surface area contributed by atoms with Crippen LogP contribution in [0.4, 0.5) is 0 Å². The summed E-state index contributed by atoms with van der Waals surface area (Å²) in [6.45, 7) is 0. The summed E-state index contributed by atoms with van der Waals surface area (Å²) in [4.78, 5) is 15.0. The Bertz CT molecular complexity index is 1040. The molecule has 4 aromatic rings. The topological polar surface area (TPSA) is 53.1 Å². The number of aromatic nitrogens is 1. The number of hydrogen-bond donors (Lipinski definition) is 2. The summed E-state index contributed by atoms with van der Waals surface area (Å²) in [6.07, 6.45) is 0. The Labute approximate surface area is 156 Å². The van der Waals surface area contributed by atoms with Crippen molar-refractivity contribution in [2.45, 2.75) is 0 Å². The van der Waals surface area contributed by atoms with Gasteiger partial charge in [-0.1, -0.05) is 42.5 Å². The van der Waals surface area contributed by atoms with Crippen LogP contribution in [0.3, 0.4) is 0 Å². The quantitative estimate of drug-likeness (QED) is 0.373. The monoisotopic (exact) mass is 488 g/mol. The van der Waals surface area contributed by atoms with Gasteiger partial charge >= 0.3 is 0 Å². The van der Waals surface area contributed by atoms with Gasteiger partial charge in [0, 0.05) is 66.3 Å². The molecule has 0 bridgehead atoms. The number of hydrogen-bond acceptors (Lipinski definition) is 2. The van der Waals surface area contributed by atoms with Gasteiger partial charge in [-0.3, -0.25) is 4.79 Å². The van der Waals surface area contributed by atoms with Gasteiger partial charge < -0.3 is 10.1 Å². The Morgan fingerprint density at radius 3 is 2.00 bits per heavy atom. The van der Waals surface area contributed by atoms with Crippen LogP contribution in [0.2, 0.25) is 0 Å². The number of rotatable bonds is 0. The average molecular weight is 488 g/mol. The maximum absolute atomic E-state index is 12.1. The third-order valence-electron chi connectivity index (χ3n) is 3.71. The first-order chi connectivity index (χ1) is 9.75. The minimum Gasteiger partial charge on any atom is -0.507 e. The largest absolute Gasteiger partial charge is 0.507 e. The summed E-state index contributed by atoms with van der Waals surface area (Å²) in [5.74, 6) is 0.180. The van der Waals surface area contributed by atoms with E-state index in [1.165, 1.54) is 0 Å². The zero-order valence-electron chi connectivity index (χ0n) is 11.1. The number of phenols is 1. The Morgan fingerprint density at radius 1 is 0.810 bits per heavy atom. The average Bonchev–Trinajstić information content (AvgIpc) is 2.47. The number of aromatic hydroxyl groups is 1. The number of aromatic amines is 1. The van der Waals surface area contributed by atoms with E-state index in [0.717, 1.165) is 21.5 Å². The van der Waals surface area contributed by atoms with Crippen LogP contribution in [-0.2, 0) is 0 Å². The molecule has 3 nitrogen and oxygen atoms in total. The van der Waals surface area contributed by atoms with Crippen molar-refractivity contribution >= 4 is 32.4 Å². The Balaban J connectivity index is 0.00000132. The van der Waals surface area contributed by atoms with E-state index in [0.29, 0.717) is 10.9 Å². The van der Waals surface area contributed by atoms with Crippen LogP contribution in [-0.4, -0.2) is 10.1 Å². The van der Waals surface area contributed by atoms with E-state index >= 15 is 0 Å². The van der Waals surface area contributed by atoms with E-state index in [9.17, 15) is 9.90 Å². The van der Waals surface area contributed by atoms with Crippen molar-refractivity contribution in [1.82, 2.24) is 4.98 Å². The number of phenolic OH excluding ortho intramolecular Hbond substituents is 1. The van der Waals surface area contributed by atoms with Crippen molar-refractivity contribution in [2.24, 2.45) is 0 Å². The fraction of sp³-hybridized carbons (Fsp3) is 0. The number of H-pyrrole nitrogens is 1. The van der Waals surface area contributed by atoms with E-state index in [2.05, 4.69) is 4.98 Å². The van der Waals surface area contributed by atoms with E-state index in [1.54, 1.807) is 6.07 Å². The molecular weight excluding hydrogens is 477 g/mol. The van der Waals surface area contributed by atoms with E-state index in [4.69, 9.17) is 0 Å². The molecule has 0 amide bonds. The minimum atomic E-state index is -0.136. The molecule has 1 aromatic heterocycles. The summed E-state index contributed by atoms with van der Waals surface area (Å²) >= 11 is 0. The van der Waals surface area contributed by atoms with Gasteiger partial charge in [0.05, 0.1) is 5.52 Å². The van der Waals surface area contributed by atoms with Crippen LogP contribution in [0.5, 0.6) is 5.75 Å². The van der Waals surface area contributed by atoms with Gasteiger partial charge in [0.2, 0.25) is 0 Å². The van der Waals surface area contributed by atoms with Crippen LogP contribution < -0.4 is 5.56 Å². The summed E-state index contributed by atoms with van der Waals surface area (Å²) in [7, 11) is 0. The number of benzene rings is 3. The standard InChI is InChI=1S/C17H11NO2.Ac/c19-15-9-14-16(11-6-2-1-5-10(11)15)12-7-3-4-8-13(12)17(20)18-14;/h1-9,19H,(H,18,20);. The summed E-state index contributed by atoms with van der Waals surface area (Å²) in [5, 5.41) is 14.4.